The van der Waals surface area contributed by atoms with Crippen LogP contribution in [0.15, 0.2) is 24.3 Å². The highest BCUT2D eigenvalue weighted by molar-refractivity contribution is 5.33. The van der Waals surface area contributed by atoms with Gasteiger partial charge in [0.05, 0.1) is 0 Å². The molecule has 0 aromatic heterocycles. The van der Waals surface area contributed by atoms with Gasteiger partial charge in [0.1, 0.15) is 5.75 Å². The highest BCUT2D eigenvalue weighted by Gasteiger charge is 2.31. The summed E-state index contributed by atoms with van der Waals surface area (Å²) in [5.41, 5.74) is 0.606. The molecule has 0 heterocycles. The molecule has 0 aliphatic carbocycles. The lowest BCUT2D eigenvalue weighted by Crippen LogP contribution is -2.30. The van der Waals surface area contributed by atoms with E-state index in [0.717, 1.165) is 32.2 Å². The Balaban J connectivity index is 2.64. The van der Waals surface area contributed by atoms with Crippen molar-refractivity contribution in [1.29, 1.82) is 0 Å². The second-order valence-corrected chi connectivity index (χ2v) is 5.13. The van der Waals surface area contributed by atoms with E-state index in [1.54, 1.807) is 18.2 Å². The standard InChI is InChI=1S/C16H24F3NO/c1-3-7-14(20-12-4-2)11-10-13-8-5-6-9-15(13)21-16(17,18)19/h5-6,8-9,14,20H,3-4,7,10-12H2,1-2H3. The molecule has 5 heteroatoms. The second-order valence-electron chi connectivity index (χ2n) is 5.13. The topological polar surface area (TPSA) is 21.3 Å². The Morgan fingerprint density at radius 1 is 1.10 bits per heavy atom. The lowest BCUT2D eigenvalue weighted by Gasteiger charge is -2.19. The number of hydrogen-bond acceptors (Lipinski definition) is 2. The molecule has 1 rings (SSSR count). The molecule has 0 bridgehead atoms. The Kier molecular flexibility index (Phi) is 7.57. The lowest BCUT2D eigenvalue weighted by atomic mass is 10.0. The molecule has 0 spiro atoms. The van der Waals surface area contributed by atoms with Crippen molar-refractivity contribution in [2.45, 2.75) is 58.4 Å². The minimum atomic E-state index is -4.64. The van der Waals surface area contributed by atoms with E-state index in [2.05, 4.69) is 23.9 Å². The first-order valence-corrected chi connectivity index (χ1v) is 7.53. The molecule has 1 unspecified atom stereocenters. The van der Waals surface area contributed by atoms with Crippen molar-refractivity contribution in [1.82, 2.24) is 5.32 Å². The van der Waals surface area contributed by atoms with Crippen LogP contribution in [0.1, 0.15) is 45.1 Å². The molecule has 2 nitrogen and oxygen atoms in total. The maximum absolute atomic E-state index is 12.4. The van der Waals surface area contributed by atoms with Crippen LogP contribution in [0.5, 0.6) is 5.75 Å². The van der Waals surface area contributed by atoms with Crippen LogP contribution in [-0.4, -0.2) is 18.9 Å². The van der Waals surface area contributed by atoms with Crippen molar-refractivity contribution in [3.63, 3.8) is 0 Å². The third-order valence-corrected chi connectivity index (χ3v) is 3.28. The van der Waals surface area contributed by atoms with Gasteiger partial charge in [-0.25, -0.2) is 0 Å². The SMILES string of the molecule is CCCNC(CCC)CCc1ccccc1OC(F)(F)F. The zero-order valence-electron chi connectivity index (χ0n) is 12.7. The zero-order valence-corrected chi connectivity index (χ0v) is 12.7. The molecule has 1 aromatic carbocycles. The summed E-state index contributed by atoms with van der Waals surface area (Å²) in [5, 5.41) is 3.45. The zero-order chi connectivity index (χ0) is 15.7. The van der Waals surface area contributed by atoms with Gasteiger partial charge >= 0.3 is 6.36 Å². The molecule has 0 saturated carbocycles. The first-order chi connectivity index (χ1) is 9.96. The highest BCUT2D eigenvalue weighted by atomic mass is 19.4. The number of benzene rings is 1. The summed E-state index contributed by atoms with van der Waals surface area (Å²) in [7, 11) is 0. The lowest BCUT2D eigenvalue weighted by molar-refractivity contribution is -0.274. The minimum absolute atomic E-state index is 0.0873. The van der Waals surface area contributed by atoms with E-state index in [1.165, 1.54) is 6.07 Å². The van der Waals surface area contributed by atoms with Crippen LogP contribution < -0.4 is 10.1 Å². The molecular weight excluding hydrogens is 279 g/mol. The van der Waals surface area contributed by atoms with Gasteiger partial charge in [0, 0.05) is 6.04 Å². The predicted molar refractivity (Wildman–Crippen MR) is 78.4 cm³/mol. The number of ether oxygens (including phenoxy) is 1. The Bertz CT molecular complexity index is 407. The fraction of sp³-hybridized carbons (Fsp3) is 0.625. The Labute approximate surface area is 124 Å². The molecular formula is C16H24F3NO. The molecule has 0 fully saturated rings. The quantitative estimate of drug-likeness (QED) is 0.715. The maximum atomic E-state index is 12.4. The van der Waals surface area contributed by atoms with E-state index in [1.807, 2.05) is 0 Å². The highest BCUT2D eigenvalue weighted by Crippen LogP contribution is 2.27. The summed E-state index contributed by atoms with van der Waals surface area (Å²) in [4.78, 5) is 0. The Hall–Kier alpha value is -1.23. The van der Waals surface area contributed by atoms with Gasteiger partial charge in [-0.15, -0.1) is 13.2 Å². The van der Waals surface area contributed by atoms with E-state index >= 15 is 0 Å². The van der Waals surface area contributed by atoms with Gasteiger partial charge in [0.25, 0.3) is 0 Å². The number of alkyl halides is 3. The third kappa shape index (κ3) is 7.37. The van der Waals surface area contributed by atoms with Gasteiger partial charge in [0.15, 0.2) is 0 Å². The molecule has 0 radical (unpaired) electrons. The van der Waals surface area contributed by atoms with Gasteiger partial charge < -0.3 is 10.1 Å². The Morgan fingerprint density at radius 2 is 1.81 bits per heavy atom. The number of nitrogens with one attached hydrogen (secondary N) is 1. The second kappa shape index (κ2) is 8.93. The molecule has 0 amide bonds. The molecule has 0 aliphatic heterocycles. The van der Waals surface area contributed by atoms with Crippen LogP contribution in [0.3, 0.4) is 0 Å². The fourth-order valence-electron chi connectivity index (χ4n) is 2.31. The molecule has 1 N–H and O–H groups in total. The maximum Gasteiger partial charge on any atom is 0.573 e. The Morgan fingerprint density at radius 3 is 2.43 bits per heavy atom. The normalized spacial score (nSPS) is 13.2. The average Bonchev–Trinajstić information content (AvgIpc) is 2.41. The summed E-state index contributed by atoms with van der Waals surface area (Å²) in [6.07, 6.45) is -0.114. The van der Waals surface area contributed by atoms with E-state index in [4.69, 9.17) is 0 Å². The van der Waals surface area contributed by atoms with Crippen LogP contribution in [0.2, 0.25) is 0 Å². The van der Waals surface area contributed by atoms with Crippen molar-refractivity contribution < 1.29 is 17.9 Å². The van der Waals surface area contributed by atoms with Gasteiger partial charge in [-0.3, -0.25) is 0 Å². The molecule has 21 heavy (non-hydrogen) atoms. The summed E-state index contributed by atoms with van der Waals surface area (Å²) < 4.78 is 41.2. The summed E-state index contributed by atoms with van der Waals surface area (Å²) >= 11 is 0. The van der Waals surface area contributed by atoms with Crippen molar-refractivity contribution in [3.05, 3.63) is 29.8 Å². The number of halogens is 3. The van der Waals surface area contributed by atoms with Gasteiger partial charge in [-0.05, 0) is 43.9 Å². The molecule has 1 aromatic rings. The summed E-state index contributed by atoms with van der Waals surface area (Å²) in [6.45, 7) is 5.15. The number of hydrogen-bond donors (Lipinski definition) is 1. The number of para-hydroxylation sites is 1. The fourth-order valence-corrected chi connectivity index (χ4v) is 2.31. The molecule has 0 aliphatic rings. The smallest absolute Gasteiger partial charge is 0.406 e. The minimum Gasteiger partial charge on any atom is -0.406 e. The van der Waals surface area contributed by atoms with Crippen LogP contribution in [0.4, 0.5) is 13.2 Å². The van der Waals surface area contributed by atoms with Crippen molar-refractivity contribution in [3.8, 4) is 5.75 Å². The van der Waals surface area contributed by atoms with Gasteiger partial charge in [-0.1, -0.05) is 38.5 Å². The van der Waals surface area contributed by atoms with E-state index in [-0.39, 0.29) is 5.75 Å². The van der Waals surface area contributed by atoms with Crippen LogP contribution >= 0.6 is 0 Å². The largest absolute Gasteiger partial charge is 0.573 e. The van der Waals surface area contributed by atoms with E-state index in [9.17, 15) is 13.2 Å². The van der Waals surface area contributed by atoms with Gasteiger partial charge in [0.2, 0.25) is 0 Å². The third-order valence-electron chi connectivity index (χ3n) is 3.28. The van der Waals surface area contributed by atoms with E-state index in [0.29, 0.717) is 18.0 Å². The van der Waals surface area contributed by atoms with Crippen LogP contribution in [0.25, 0.3) is 0 Å². The predicted octanol–water partition coefficient (Wildman–Crippen LogP) is 4.69. The number of aryl methyl sites for hydroxylation is 1. The number of rotatable bonds is 9. The van der Waals surface area contributed by atoms with Crippen LogP contribution in [-0.2, 0) is 6.42 Å². The summed E-state index contributed by atoms with van der Waals surface area (Å²) in [6, 6.07) is 6.71. The summed E-state index contributed by atoms with van der Waals surface area (Å²) in [5.74, 6) is -0.0873. The van der Waals surface area contributed by atoms with E-state index < -0.39 is 6.36 Å². The molecule has 1 atom stereocenters. The first-order valence-electron chi connectivity index (χ1n) is 7.53. The van der Waals surface area contributed by atoms with Crippen LogP contribution in [0, 0.1) is 0 Å². The van der Waals surface area contributed by atoms with Crippen molar-refractivity contribution in [2.75, 3.05) is 6.54 Å². The molecule has 0 saturated heterocycles. The monoisotopic (exact) mass is 303 g/mol. The molecule has 120 valence electrons. The average molecular weight is 303 g/mol. The van der Waals surface area contributed by atoms with Gasteiger partial charge in [-0.2, -0.15) is 0 Å². The van der Waals surface area contributed by atoms with Crippen molar-refractivity contribution in [2.24, 2.45) is 0 Å². The first kappa shape index (κ1) is 17.8. The van der Waals surface area contributed by atoms with Crippen molar-refractivity contribution >= 4 is 0 Å².